The average Bonchev–Trinajstić information content (AvgIpc) is 2.34. The zero-order valence-electron chi connectivity index (χ0n) is 9.58. The molecule has 3 N–H and O–H groups in total. The van der Waals surface area contributed by atoms with Gasteiger partial charge in [0.05, 0.1) is 0 Å². The first kappa shape index (κ1) is 13.3. The van der Waals surface area contributed by atoms with Crippen molar-refractivity contribution in [3.05, 3.63) is 30.1 Å². The first-order valence-electron chi connectivity index (χ1n) is 5.57. The van der Waals surface area contributed by atoms with Crippen LogP contribution in [0.4, 0.5) is 0 Å². The van der Waals surface area contributed by atoms with Gasteiger partial charge in [0.1, 0.15) is 12.6 Å². The van der Waals surface area contributed by atoms with Crippen LogP contribution >= 0.6 is 0 Å². The number of hydrogen-bond acceptors (Lipinski definition) is 3. The molecule has 1 rings (SSSR count). The Morgan fingerprint density at radius 1 is 1.47 bits per heavy atom. The highest BCUT2D eigenvalue weighted by atomic mass is 16.4. The van der Waals surface area contributed by atoms with Gasteiger partial charge in [-0.3, -0.25) is 9.59 Å². The Kier molecular flexibility index (Phi) is 5.29. The summed E-state index contributed by atoms with van der Waals surface area (Å²) in [5.41, 5.74) is 6.01. The van der Waals surface area contributed by atoms with Gasteiger partial charge in [0, 0.05) is 18.6 Å². The lowest BCUT2D eigenvalue weighted by molar-refractivity contribution is -0.698. The third kappa shape index (κ3) is 4.32. The molecule has 0 bridgehead atoms. The van der Waals surface area contributed by atoms with E-state index >= 15 is 0 Å². The summed E-state index contributed by atoms with van der Waals surface area (Å²) in [5.74, 6) is -0.967. The molecule has 0 spiro atoms. The number of nitrogens with zero attached hydrogens (tertiary/aromatic N) is 1. The molecular formula is C12H17N2O3+. The van der Waals surface area contributed by atoms with E-state index < -0.39 is 12.0 Å². The number of aryl methyl sites for hydroxylation is 1. The molecule has 0 aromatic carbocycles. The normalized spacial score (nSPS) is 12.1. The first-order chi connectivity index (χ1) is 8.15. The van der Waals surface area contributed by atoms with Gasteiger partial charge in [-0.05, 0) is 18.9 Å². The minimum Gasteiger partial charge on any atom is -0.480 e. The number of nitrogens with two attached hydrogens (primary N) is 1. The summed E-state index contributed by atoms with van der Waals surface area (Å²) < 4.78 is 1.85. The summed E-state index contributed by atoms with van der Waals surface area (Å²) in [6.07, 6.45) is 4.63. The SMILES string of the molecule is N[C@@H](CCCC[n+]1ccccc1C=O)C(=O)O. The molecule has 1 atom stereocenters. The zero-order valence-corrected chi connectivity index (χ0v) is 9.58. The molecule has 0 radical (unpaired) electrons. The van der Waals surface area contributed by atoms with Crippen molar-refractivity contribution in [3.8, 4) is 0 Å². The maximum atomic E-state index is 10.7. The molecule has 5 heteroatoms. The highest BCUT2D eigenvalue weighted by molar-refractivity contribution is 5.72. The van der Waals surface area contributed by atoms with Crippen LogP contribution in [0.1, 0.15) is 29.8 Å². The van der Waals surface area contributed by atoms with Crippen LogP contribution in [0.25, 0.3) is 0 Å². The Bertz CT molecular complexity index is 393. The number of carbonyl (C=O) groups excluding carboxylic acids is 1. The molecule has 0 aliphatic heterocycles. The number of aldehydes is 1. The molecule has 17 heavy (non-hydrogen) atoms. The van der Waals surface area contributed by atoms with E-state index in [9.17, 15) is 9.59 Å². The fourth-order valence-corrected chi connectivity index (χ4v) is 1.57. The number of carboxylic acids is 1. The molecule has 5 nitrogen and oxygen atoms in total. The minimum absolute atomic E-state index is 0.457. The number of aromatic nitrogens is 1. The van der Waals surface area contributed by atoms with E-state index in [2.05, 4.69) is 0 Å². The first-order valence-corrected chi connectivity index (χ1v) is 5.57. The van der Waals surface area contributed by atoms with Crippen molar-refractivity contribution in [1.29, 1.82) is 0 Å². The van der Waals surface area contributed by atoms with Crippen LogP contribution in [-0.4, -0.2) is 23.4 Å². The molecule has 92 valence electrons. The Labute approximate surface area is 99.9 Å². The smallest absolute Gasteiger partial charge is 0.320 e. The molecule has 1 heterocycles. The van der Waals surface area contributed by atoms with Crippen LogP contribution in [0.15, 0.2) is 24.4 Å². The lowest BCUT2D eigenvalue weighted by Crippen LogP contribution is -2.38. The maximum absolute atomic E-state index is 10.7. The molecule has 0 fully saturated rings. The van der Waals surface area contributed by atoms with Crippen molar-refractivity contribution in [3.63, 3.8) is 0 Å². The molecule has 0 amide bonds. The van der Waals surface area contributed by atoms with Crippen LogP contribution in [0.5, 0.6) is 0 Å². The quantitative estimate of drug-likeness (QED) is 0.407. The Hall–Kier alpha value is -1.75. The Balaban J connectivity index is 2.36. The van der Waals surface area contributed by atoms with E-state index in [1.165, 1.54) is 0 Å². The highest BCUT2D eigenvalue weighted by Crippen LogP contribution is 1.99. The fourth-order valence-electron chi connectivity index (χ4n) is 1.57. The van der Waals surface area contributed by atoms with Crippen LogP contribution in [0, 0.1) is 0 Å². The Morgan fingerprint density at radius 2 is 2.24 bits per heavy atom. The van der Waals surface area contributed by atoms with Crippen molar-refractivity contribution in [2.24, 2.45) is 5.73 Å². The van der Waals surface area contributed by atoms with E-state index in [4.69, 9.17) is 10.8 Å². The molecular weight excluding hydrogens is 220 g/mol. The second-order valence-corrected chi connectivity index (χ2v) is 3.88. The average molecular weight is 237 g/mol. The molecule has 0 unspecified atom stereocenters. The lowest BCUT2D eigenvalue weighted by Gasteiger charge is -2.04. The van der Waals surface area contributed by atoms with Crippen LogP contribution < -0.4 is 10.3 Å². The van der Waals surface area contributed by atoms with Crippen LogP contribution in [0.2, 0.25) is 0 Å². The molecule has 0 aliphatic rings. The molecule has 0 aliphatic carbocycles. The lowest BCUT2D eigenvalue weighted by atomic mass is 10.1. The van der Waals surface area contributed by atoms with Gasteiger partial charge in [-0.25, -0.2) is 0 Å². The largest absolute Gasteiger partial charge is 0.480 e. The predicted octanol–water partition coefficient (Wildman–Crippen LogP) is 0.369. The monoisotopic (exact) mass is 237 g/mol. The maximum Gasteiger partial charge on any atom is 0.320 e. The van der Waals surface area contributed by atoms with Gasteiger partial charge in [-0.15, -0.1) is 0 Å². The summed E-state index contributed by atoms with van der Waals surface area (Å²) in [4.78, 5) is 21.2. The van der Waals surface area contributed by atoms with E-state index in [1.54, 1.807) is 12.1 Å². The zero-order chi connectivity index (χ0) is 12.7. The van der Waals surface area contributed by atoms with E-state index in [1.807, 2.05) is 16.8 Å². The fraction of sp³-hybridized carbons (Fsp3) is 0.417. The third-order valence-electron chi connectivity index (χ3n) is 2.58. The number of hydrogen-bond donors (Lipinski definition) is 2. The highest BCUT2D eigenvalue weighted by Gasteiger charge is 2.12. The molecule has 0 saturated carbocycles. The van der Waals surface area contributed by atoms with Crippen molar-refractivity contribution < 1.29 is 19.3 Å². The topological polar surface area (TPSA) is 84.3 Å². The number of carboxylic acid groups (broad SMARTS) is 1. The summed E-state index contributed by atoms with van der Waals surface area (Å²) in [5, 5.41) is 8.60. The number of aliphatic carboxylic acids is 1. The van der Waals surface area contributed by atoms with E-state index in [0.29, 0.717) is 18.7 Å². The van der Waals surface area contributed by atoms with Crippen molar-refractivity contribution in [2.45, 2.75) is 31.8 Å². The third-order valence-corrected chi connectivity index (χ3v) is 2.58. The summed E-state index contributed by atoms with van der Waals surface area (Å²) >= 11 is 0. The standard InChI is InChI=1S/C12H16N2O3/c13-11(12(16)17)6-2-4-8-14-7-3-1-5-10(14)9-15/h1,3,5,7,9,11H,2,4,6,8,13H2/p+1/t11-/m0/s1. The van der Waals surface area contributed by atoms with Gasteiger partial charge in [-0.2, -0.15) is 4.57 Å². The number of unbranched alkanes of at least 4 members (excludes halogenated alkanes) is 1. The van der Waals surface area contributed by atoms with Gasteiger partial charge in [0.15, 0.2) is 6.20 Å². The molecule has 1 aromatic rings. The second kappa shape index (κ2) is 6.75. The summed E-state index contributed by atoms with van der Waals surface area (Å²) in [7, 11) is 0. The minimum atomic E-state index is -0.967. The van der Waals surface area contributed by atoms with E-state index in [-0.39, 0.29) is 0 Å². The van der Waals surface area contributed by atoms with Crippen molar-refractivity contribution >= 4 is 12.3 Å². The van der Waals surface area contributed by atoms with Gasteiger partial charge < -0.3 is 10.8 Å². The van der Waals surface area contributed by atoms with Crippen LogP contribution in [0.3, 0.4) is 0 Å². The van der Waals surface area contributed by atoms with Crippen molar-refractivity contribution in [2.75, 3.05) is 0 Å². The van der Waals surface area contributed by atoms with Gasteiger partial charge in [0.25, 0.3) is 0 Å². The summed E-state index contributed by atoms with van der Waals surface area (Å²) in [6.45, 7) is 0.696. The number of rotatable bonds is 7. The molecule has 0 saturated heterocycles. The van der Waals surface area contributed by atoms with E-state index in [0.717, 1.165) is 19.1 Å². The van der Waals surface area contributed by atoms with Gasteiger partial charge in [-0.1, -0.05) is 0 Å². The van der Waals surface area contributed by atoms with Crippen molar-refractivity contribution in [1.82, 2.24) is 0 Å². The van der Waals surface area contributed by atoms with Gasteiger partial charge >= 0.3 is 5.97 Å². The van der Waals surface area contributed by atoms with Gasteiger partial charge in [0.2, 0.25) is 12.0 Å². The molecule has 1 aromatic heterocycles. The van der Waals surface area contributed by atoms with Crippen LogP contribution in [-0.2, 0) is 11.3 Å². The predicted molar refractivity (Wildman–Crippen MR) is 61.5 cm³/mol. The summed E-state index contributed by atoms with van der Waals surface area (Å²) in [6, 6.07) is 4.62. The number of pyridine rings is 1. The Morgan fingerprint density at radius 3 is 2.88 bits per heavy atom. The second-order valence-electron chi connectivity index (χ2n) is 3.88. The number of carbonyl (C=O) groups is 2.